The lowest BCUT2D eigenvalue weighted by Gasteiger charge is -2.41. The van der Waals surface area contributed by atoms with Crippen molar-refractivity contribution in [3.8, 4) is 0 Å². The number of unbranched alkanes of at least 4 members (excludes halogenated alkanes) is 1. The molecule has 1 fully saturated rings. The van der Waals surface area contributed by atoms with E-state index in [4.69, 9.17) is 4.74 Å². The van der Waals surface area contributed by atoms with Gasteiger partial charge in [0.15, 0.2) is 0 Å². The van der Waals surface area contributed by atoms with E-state index >= 15 is 0 Å². The van der Waals surface area contributed by atoms with Gasteiger partial charge in [-0.05, 0) is 51.9 Å². The summed E-state index contributed by atoms with van der Waals surface area (Å²) in [5.41, 5.74) is 0. The summed E-state index contributed by atoms with van der Waals surface area (Å²) in [5, 5.41) is 0. The molecule has 0 bridgehead atoms. The summed E-state index contributed by atoms with van der Waals surface area (Å²) < 4.78 is 5.57. The third-order valence-corrected chi connectivity index (χ3v) is 4.01. The van der Waals surface area contributed by atoms with Gasteiger partial charge in [-0.3, -0.25) is 4.90 Å². The van der Waals surface area contributed by atoms with Crippen molar-refractivity contribution in [1.29, 1.82) is 0 Å². The highest BCUT2D eigenvalue weighted by atomic mass is 16.5. The summed E-state index contributed by atoms with van der Waals surface area (Å²) in [4.78, 5) is 5.11. The molecule has 98 valence electrons. The molecule has 0 amide bonds. The van der Waals surface area contributed by atoms with Crippen LogP contribution in [0.2, 0.25) is 0 Å². The van der Waals surface area contributed by atoms with Gasteiger partial charge in [0.1, 0.15) is 6.23 Å². The summed E-state index contributed by atoms with van der Waals surface area (Å²) in [6.45, 7) is 9.30. The van der Waals surface area contributed by atoms with E-state index in [-0.39, 0.29) is 6.23 Å². The summed E-state index contributed by atoms with van der Waals surface area (Å²) in [6.07, 6.45) is 9.47. The van der Waals surface area contributed by atoms with Gasteiger partial charge in [-0.15, -0.1) is 0 Å². The van der Waals surface area contributed by atoms with Gasteiger partial charge in [-0.25, -0.2) is 0 Å². The average molecular weight is 238 g/mol. The molecule has 1 saturated heterocycles. The molecule has 3 heteroatoms. The number of piperidine rings is 1. The van der Waals surface area contributed by atoms with Crippen LogP contribution in [0, 0.1) is 0 Å². The van der Waals surface area contributed by atoms with Crippen LogP contribution in [0.5, 0.6) is 0 Å². The Morgan fingerprint density at radius 3 is 2.71 bits per heavy atom. The molecule has 2 aliphatic rings. The van der Waals surface area contributed by atoms with E-state index < -0.39 is 0 Å². The summed E-state index contributed by atoms with van der Waals surface area (Å²) in [7, 11) is 0. The third-order valence-electron chi connectivity index (χ3n) is 4.01. The molecule has 0 aromatic heterocycles. The number of rotatable bonds is 4. The van der Waals surface area contributed by atoms with Crippen molar-refractivity contribution in [2.75, 3.05) is 26.2 Å². The molecule has 0 aliphatic carbocycles. The highest BCUT2D eigenvalue weighted by Crippen LogP contribution is 2.21. The first-order valence-electron chi connectivity index (χ1n) is 7.10. The first-order valence-corrected chi connectivity index (χ1v) is 7.10. The maximum Gasteiger partial charge on any atom is 0.149 e. The highest BCUT2D eigenvalue weighted by molar-refractivity contribution is 4.90. The van der Waals surface area contributed by atoms with Crippen molar-refractivity contribution in [1.82, 2.24) is 9.80 Å². The van der Waals surface area contributed by atoms with Gasteiger partial charge in [0.2, 0.25) is 0 Å². The minimum absolute atomic E-state index is 0.257. The molecule has 1 unspecified atom stereocenters. The second kappa shape index (κ2) is 6.41. The largest absolute Gasteiger partial charge is 0.483 e. The molecule has 1 atom stereocenters. The third kappa shape index (κ3) is 3.46. The lowest BCUT2D eigenvalue weighted by atomic mass is 10.0. The molecule has 0 saturated carbocycles. The van der Waals surface area contributed by atoms with E-state index in [2.05, 4.69) is 29.7 Å². The Balaban J connectivity index is 1.76. The van der Waals surface area contributed by atoms with Gasteiger partial charge in [0.25, 0.3) is 0 Å². The second-order valence-corrected chi connectivity index (χ2v) is 5.23. The van der Waals surface area contributed by atoms with E-state index in [0.29, 0.717) is 6.04 Å². The first-order chi connectivity index (χ1) is 8.31. The molecule has 0 spiro atoms. The standard InChI is InChI=1S/C14H26N2O/c1-3-4-8-15-10-6-14(7-11-15)16-9-5-12-17-13(16)2/h5,12-14H,3-4,6-11H2,1-2H3. The Labute approximate surface area is 105 Å². The molecular weight excluding hydrogens is 212 g/mol. The van der Waals surface area contributed by atoms with Crippen LogP contribution in [0.25, 0.3) is 0 Å². The first kappa shape index (κ1) is 12.9. The molecule has 17 heavy (non-hydrogen) atoms. The number of likely N-dealkylation sites (tertiary alicyclic amines) is 1. The number of nitrogens with zero attached hydrogens (tertiary/aromatic N) is 2. The number of hydrogen-bond acceptors (Lipinski definition) is 3. The minimum Gasteiger partial charge on any atom is -0.483 e. The molecule has 0 aromatic carbocycles. The summed E-state index contributed by atoms with van der Waals surface area (Å²) in [5.74, 6) is 0. The predicted octanol–water partition coefficient (Wildman–Crippen LogP) is 2.44. The van der Waals surface area contributed by atoms with Crippen LogP contribution < -0.4 is 0 Å². The molecule has 0 N–H and O–H groups in total. The SMILES string of the molecule is CCCCN1CCC(N2CC=COC2C)CC1. The fraction of sp³-hybridized carbons (Fsp3) is 0.857. The van der Waals surface area contributed by atoms with Crippen molar-refractivity contribution in [3.05, 3.63) is 12.3 Å². The Bertz CT molecular complexity index is 247. The fourth-order valence-corrected chi connectivity index (χ4v) is 2.86. The Kier molecular flexibility index (Phi) is 4.86. The summed E-state index contributed by atoms with van der Waals surface area (Å²) >= 11 is 0. The minimum atomic E-state index is 0.257. The Morgan fingerprint density at radius 2 is 2.06 bits per heavy atom. The lowest BCUT2D eigenvalue weighted by molar-refractivity contribution is -0.0429. The highest BCUT2D eigenvalue weighted by Gasteiger charge is 2.28. The summed E-state index contributed by atoms with van der Waals surface area (Å²) in [6, 6.07) is 0.716. The van der Waals surface area contributed by atoms with Crippen LogP contribution in [0.3, 0.4) is 0 Å². The molecule has 2 rings (SSSR count). The van der Waals surface area contributed by atoms with E-state index in [0.717, 1.165) is 6.54 Å². The Hall–Kier alpha value is -0.540. The Morgan fingerprint density at radius 1 is 1.29 bits per heavy atom. The zero-order valence-electron chi connectivity index (χ0n) is 11.3. The fourth-order valence-electron chi connectivity index (χ4n) is 2.86. The molecular formula is C14H26N2O. The number of hydrogen-bond donors (Lipinski definition) is 0. The van der Waals surface area contributed by atoms with Gasteiger partial charge < -0.3 is 9.64 Å². The van der Waals surface area contributed by atoms with Crippen LogP contribution >= 0.6 is 0 Å². The van der Waals surface area contributed by atoms with Crippen LogP contribution in [0.4, 0.5) is 0 Å². The van der Waals surface area contributed by atoms with Crippen molar-refractivity contribution in [3.63, 3.8) is 0 Å². The normalized spacial score (nSPS) is 28.2. The van der Waals surface area contributed by atoms with Crippen LogP contribution in [0.1, 0.15) is 39.5 Å². The van der Waals surface area contributed by atoms with Gasteiger partial charge in [0, 0.05) is 12.6 Å². The van der Waals surface area contributed by atoms with Crippen molar-refractivity contribution < 1.29 is 4.74 Å². The molecule has 2 heterocycles. The smallest absolute Gasteiger partial charge is 0.149 e. The van der Waals surface area contributed by atoms with Crippen LogP contribution in [-0.2, 0) is 4.74 Å². The molecule has 2 aliphatic heterocycles. The predicted molar refractivity (Wildman–Crippen MR) is 70.8 cm³/mol. The van der Waals surface area contributed by atoms with Crippen LogP contribution in [0.15, 0.2) is 12.3 Å². The van der Waals surface area contributed by atoms with E-state index in [9.17, 15) is 0 Å². The topological polar surface area (TPSA) is 15.7 Å². The zero-order chi connectivity index (χ0) is 12.1. The van der Waals surface area contributed by atoms with Gasteiger partial charge in [-0.2, -0.15) is 0 Å². The van der Waals surface area contributed by atoms with Crippen molar-refractivity contribution in [2.24, 2.45) is 0 Å². The maximum atomic E-state index is 5.57. The van der Waals surface area contributed by atoms with Gasteiger partial charge in [-0.1, -0.05) is 13.3 Å². The lowest BCUT2D eigenvalue weighted by Crippen LogP contribution is -2.49. The molecule has 0 aromatic rings. The second-order valence-electron chi connectivity index (χ2n) is 5.23. The van der Waals surface area contributed by atoms with Crippen LogP contribution in [-0.4, -0.2) is 48.2 Å². The van der Waals surface area contributed by atoms with E-state index in [1.54, 1.807) is 0 Å². The zero-order valence-corrected chi connectivity index (χ0v) is 11.3. The molecule has 0 radical (unpaired) electrons. The van der Waals surface area contributed by atoms with Crippen molar-refractivity contribution in [2.45, 2.75) is 51.8 Å². The average Bonchev–Trinajstić information content (AvgIpc) is 2.38. The van der Waals surface area contributed by atoms with E-state index in [1.165, 1.54) is 45.3 Å². The number of ether oxygens (including phenoxy) is 1. The maximum absolute atomic E-state index is 5.57. The van der Waals surface area contributed by atoms with Gasteiger partial charge in [0.05, 0.1) is 6.26 Å². The van der Waals surface area contributed by atoms with E-state index in [1.807, 2.05) is 6.26 Å². The quantitative estimate of drug-likeness (QED) is 0.748. The monoisotopic (exact) mass is 238 g/mol. The van der Waals surface area contributed by atoms with Crippen molar-refractivity contribution >= 4 is 0 Å². The molecule has 3 nitrogen and oxygen atoms in total. The van der Waals surface area contributed by atoms with Gasteiger partial charge >= 0.3 is 0 Å².